The average Bonchev–Trinajstić information content (AvgIpc) is 2.56. The fourth-order valence-corrected chi connectivity index (χ4v) is 2.85. The molecule has 0 unspecified atom stereocenters. The molecule has 3 atom stereocenters. The Labute approximate surface area is 162 Å². The van der Waals surface area contributed by atoms with Crippen LogP contribution in [-0.2, 0) is 19.2 Å². The first-order chi connectivity index (χ1) is 12.6. The van der Waals surface area contributed by atoms with Crippen LogP contribution in [0, 0.1) is 11.8 Å². The van der Waals surface area contributed by atoms with Crippen molar-refractivity contribution in [3.8, 4) is 0 Å². The zero-order chi connectivity index (χ0) is 21.1. The van der Waals surface area contributed by atoms with E-state index >= 15 is 0 Å². The second kappa shape index (κ2) is 12.6. The van der Waals surface area contributed by atoms with Crippen molar-refractivity contribution in [2.24, 2.45) is 23.3 Å². The second-order valence-corrected chi connectivity index (χ2v) is 7.68. The van der Waals surface area contributed by atoms with E-state index in [1.54, 1.807) is 13.8 Å². The van der Waals surface area contributed by atoms with Crippen LogP contribution in [0.1, 0.15) is 60.3 Å². The maximum absolute atomic E-state index is 13.0. The number of carbonyl (C=O) groups is 4. The van der Waals surface area contributed by atoms with Gasteiger partial charge in [-0.25, -0.2) is 0 Å². The van der Waals surface area contributed by atoms with Crippen LogP contribution in [0.25, 0.3) is 0 Å². The highest BCUT2D eigenvalue weighted by molar-refractivity contribution is 6.01. The number of unbranched alkanes of at least 4 members (excludes halogenated alkanes) is 1. The molecule has 0 bridgehead atoms. The van der Waals surface area contributed by atoms with Gasteiger partial charge in [0.05, 0.1) is 12.1 Å². The van der Waals surface area contributed by atoms with Crippen molar-refractivity contribution in [1.29, 1.82) is 0 Å². The SMILES string of the molecule is CC(=O)N(C(=O)[C@@H](NC(=O)[C@@H](N)CC(C)C)C(C)C)[C@H](C=O)CCCCN. The van der Waals surface area contributed by atoms with Gasteiger partial charge in [0.1, 0.15) is 12.3 Å². The number of carbonyl (C=O) groups excluding carboxylic acids is 4. The van der Waals surface area contributed by atoms with Crippen LogP contribution in [0.15, 0.2) is 0 Å². The molecule has 0 aliphatic rings. The number of hydrogen-bond acceptors (Lipinski definition) is 6. The van der Waals surface area contributed by atoms with Crippen LogP contribution in [-0.4, -0.2) is 53.6 Å². The number of nitrogens with zero attached hydrogens (tertiary/aromatic N) is 1. The lowest BCUT2D eigenvalue weighted by atomic mass is 9.98. The van der Waals surface area contributed by atoms with Crippen LogP contribution < -0.4 is 16.8 Å². The van der Waals surface area contributed by atoms with Crippen molar-refractivity contribution >= 4 is 24.0 Å². The number of amides is 3. The van der Waals surface area contributed by atoms with Gasteiger partial charge in [-0.2, -0.15) is 0 Å². The molecule has 0 saturated heterocycles. The predicted octanol–water partition coefficient (Wildman–Crippen LogP) is 0.572. The summed E-state index contributed by atoms with van der Waals surface area (Å²) in [6, 6.07) is -2.54. The number of hydrogen-bond donors (Lipinski definition) is 3. The van der Waals surface area contributed by atoms with Crippen LogP contribution in [0.3, 0.4) is 0 Å². The summed E-state index contributed by atoms with van der Waals surface area (Å²) >= 11 is 0. The number of aldehydes is 1. The van der Waals surface area contributed by atoms with Gasteiger partial charge in [-0.3, -0.25) is 19.3 Å². The van der Waals surface area contributed by atoms with Crippen molar-refractivity contribution in [2.75, 3.05) is 6.54 Å². The molecule has 0 spiro atoms. The molecule has 0 saturated carbocycles. The van der Waals surface area contributed by atoms with E-state index in [2.05, 4.69) is 5.32 Å². The minimum atomic E-state index is -0.934. The standard InChI is InChI=1S/C19H36N4O4/c1-12(2)10-16(21)18(26)22-17(13(3)4)19(27)23(14(5)25)15(11-24)8-6-7-9-20/h11-13,15-17H,6-10,20-21H2,1-5H3,(H,22,26)/t15-,16-,17-/m0/s1. The Morgan fingerprint density at radius 3 is 2.11 bits per heavy atom. The smallest absolute Gasteiger partial charge is 0.252 e. The largest absolute Gasteiger partial charge is 0.343 e. The Hall–Kier alpha value is -1.80. The third-order valence-corrected chi connectivity index (χ3v) is 4.31. The highest BCUT2D eigenvalue weighted by Crippen LogP contribution is 2.14. The van der Waals surface area contributed by atoms with E-state index < -0.39 is 35.8 Å². The first-order valence-corrected chi connectivity index (χ1v) is 9.61. The molecule has 0 aromatic carbocycles. The van der Waals surface area contributed by atoms with Crippen LogP contribution in [0.2, 0.25) is 0 Å². The molecule has 0 aliphatic carbocycles. The van der Waals surface area contributed by atoms with Crippen LogP contribution in [0.5, 0.6) is 0 Å². The molecule has 0 aromatic heterocycles. The molecule has 0 aromatic rings. The van der Waals surface area contributed by atoms with Gasteiger partial charge < -0.3 is 21.6 Å². The van der Waals surface area contributed by atoms with Gasteiger partial charge in [0.15, 0.2) is 0 Å². The molecule has 0 radical (unpaired) electrons. The Morgan fingerprint density at radius 2 is 1.70 bits per heavy atom. The van der Waals surface area contributed by atoms with E-state index in [1.807, 2.05) is 13.8 Å². The summed E-state index contributed by atoms with van der Waals surface area (Å²) < 4.78 is 0. The number of nitrogens with one attached hydrogen (secondary N) is 1. The van der Waals surface area contributed by atoms with E-state index in [0.29, 0.717) is 38.5 Å². The molecule has 0 aliphatic heterocycles. The highest BCUT2D eigenvalue weighted by Gasteiger charge is 2.35. The summed E-state index contributed by atoms with van der Waals surface area (Å²) in [6.45, 7) is 9.13. The Bertz CT molecular complexity index is 508. The van der Waals surface area contributed by atoms with Crippen molar-refractivity contribution in [2.45, 2.75) is 78.4 Å². The van der Waals surface area contributed by atoms with Gasteiger partial charge in [-0.15, -0.1) is 0 Å². The first-order valence-electron chi connectivity index (χ1n) is 9.61. The molecule has 156 valence electrons. The first kappa shape index (κ1) is 25.2. The maximum Gasteiger partial charge on any atom is 0.252 e. The zero-order valence-corrected chi connectivity index (χ0v) is 17.2. The van der Waals surface area contributed by atoms with E-state index in [0.717, 1.165) is 4.90 Å². The summed E-state index contributed by atoms with van der Waals surface area (Å²) in [4.78, 5) is 49.9. The van der Waals surface area contributed by atoms with Gasteiger partial charge >= 0.3 is 0 Å². The van der Waals surface area contributed by atoms with Crippen molar-refractivity contribution < 1.29 is 19.2 Å². The minimum absolute atomic E-state index is 0.231. The molecule has 5 N–H and O–H groups in total. The second-order valence-electron chi connectivity index (χ2n) is 7.68. The molecule has 8 heteroatoms. The molecule has 0 rings (SSSR count). The number of rotatable bonds is 12. The average molecular weight is 385 g/mol. The molecule has 0 heterocycles. The molecule has 27 heavy (non-hydrogen) atoms. The predicted molar refractivity (Wildman–Crippen MR) is 104 cm³/mol. The van der Waals surface area contributed by atoms with E-state index in [4.69, 9.17) is 11.5 Å². The summed E-state index contributed by atoms with van der Waals surface area (Å²) in [6.07, 6.45) is 2.74. The van der Waals surface area contributed by atoms with E-state index in [1.165, 1.54) is 6.92 Å². The minimum Gasteiger partial charge on any atom is -0.343 e. The van der Waals surface area contributed by atoms with Crippen molar-refractivity contribution in [3.63, 3.8) is 0 Å². The summed E-state index contributed by atoms with van der Waals surface area (Å²) in [5.74, 6) is -1.60. The highest BCUT2D eigenvalue weighted by atomic mass is 16.2. The summed E-state index contributed by atoms with van der Waals surface area (Å²) in [5, 5.41) is 2.66. The quantitative estimate of drug-likeness (QED) is 0.332. The van der Waals surface area contributed by atoms with Gasteiger partial charge in [0, 0.05) is 6.92 Å². The van der Waals surface area contributed by atoms with Crippen molar-refractivity contribution in [3.05, 3.63) is 0 Å². The number of nitrogens with two attached hydrogens (primary N) is 2. The third kappa shape index (κ3) is 8.62. The Balaban J connectivity index is 5.39. The van der Waals surface area contributed by atoms with E-state index in [-0.39, 0.29) is 11.8 Å². The van der Waals surface area contributed by atoms with Crippen LogP contribution in [0.4, 0.5) is 0 Å². The number of imide groups is 1. The maximum atomic E-state index is 13.0. The van der Waals surface area contributed by atoms with Crippen LogP contribution >= 0.6 is 0 Å². The molecule has 0 fully saturated rings. The topological polar surface area (TPSA) is 136 Å². The lowest BCUT2D eigenvalue weighted by molar-refractivity contribution is -0.151. The lowest BCUT2D eigenvalue weighted by Gasteiger charge is -2.32. The van der Waals surface area contributed by atoms with Gasteiger partial charge in [0.25, 0.3) is 5.91 Å². The zero-order valence-electron chi connectivity index (χ0n) is 17.2. The molecule has 3 amide bonds. The van der Waals surface area contributed by atoms with E-state index in [9.17, 15) is 19.2 Å². The van der Waals surface area contributed by atoms with Gasteiger partial charge in [-0.1, -0.05) is 27.7 Å². The Morgan fingerprint density at radius 1 is 1.11 bits per heavy atom. The normalized spacial score (nSPS) is 14.6. The fourth-order valence-electron chi connectivity index (χ4n) is 2.85. The van der Waals surface area contributed by atoms with Gasteiger partial charge in [-0.05, 0) is 44.1 Å². The van der Waals surface area contributed by atoms with Crippen molar-refractivity contribution in [1.82, 2.24) is 10.2 Å². The summed E-state index contributed by atoms with van der Waals surface area (Å²) in [5.41, 5.74) is 11.4. The lowest BCUT2D eigenvalue weighted by Crippen LogP contribution is -2.58. The third-order valence-electron chi connectivity index (χ3n) is 4.31. The molecule has 8 nitrogen and oxygen atoms in total. The monoisotopic (exact) mass is 384 g/mol. The van der Waals surface area contributed by atoms with Gasteiger partial charge in [0.2, 0.25) is 11.8 Å². The summed E-state index contributed by atoms with van der Waals surface area (Å²) in [7, 11) is 0. The molecular weight excluding hydrogens is 348 g/mol. The Kier molecular flexibility index (Phi) is 11.7. The molecular formula is C19H36N4O4. The fraction of sp³-hybridized carbons (Fsp3) is 0.789.